The molecule has 0 atom stereocenters. The monoisotopic (exact) mass is 297 g/mol. The Balaban J connectivity index is 2.87. The van der Waals surface area contributed by atoms with Crippen LogP contribution in [0.5, 0.6) is 0 Å². The van der Waals surface area contributed by atoms with Crippen molar-refractivity contribution < 1.29 is 4.79 Å². The van der Waals surface area contributed by atoms with Crippen LogP contribution < -0.4 is 15.5 Å². The smallest absolute Gasteiger partial charge is 0.239 e. The summed E-state index contributed by atoms with van der Waals surface area (Å²) in [4.78, 5) is 13.6. The van der Waals surface area contributed by atoms with E-state index >= 15 is 0 Å². The largest absolute Gasteiger partial charge is 0.361 e. The molecule has 4 nitrogen and oxygen atoms in total. The molecule has 0 radical (unpaired) electrons. The van der Waals surface area contributed by atoms with Gasteiger partial charge in [0.2, 0.25) is 5.91 Å². The van der Waals surface area contributed by atoms with Crippen LogP contribution in [-0.4, -0.2) is 32.6 Å². The highest BCUT2D eigenvalue weighted by Crippen LogP contribution is 2.27. The van der Waals surface area contributed by atoms with Gasteiger partial charge in [0.05, 0.1) is 17.3 Å². The Morgan fingerprint density at radius 3 is 2.65 bits per heavy atom. The maximum atomic E-state index is 11.6. The third-order valence-corrected chi connectivity index (χ3v) is 3.34. The molecule has 0 spiro atoms. The number of nitrogens with zero attached hydrogens (tertiary/aromatic N) is 1. The van der Waals surface area contributed by atoms with Crippen molar-refractivity contribution in [3.8, 4) is 0 Å². The zero-order valence-electron chi connectivity index (χ0n) is 12.5. The van der Waals surface area contributed by atoms with E-state index in [0.29, 0.717) is 11.6 Å². The lowest BCUT2D eigenvalue weighted by Crippen LogP contribution is -2.36. The van der Waals surface area contributed by atoms with Crippen LogP contribution in [0.15, 0.2) is 18.2 Å². The van der Waals surface area contributed by atoms with Crippen molar-refractivity contribution in [1.29, 1.82) is 0 Å². The van der Waals surface area contributed by atoms with Crippen molar-refractivity contribution >= 4 is 23.2 Å². The summed E-state index contributed by atoms with van der Waals surface area (Å²) in [6, 6.07) is 6.01. The number of amides is 1. The van der Waals surface area contributed by atoms with E-state index in [2.05, 4.69) is 30.5 Å². The molecule has 0 fully saturated rings. The van der Waals surface area contributed by atoms with E-state index in [4.69, 9.17) is 11.6 Å². The fourth-order valence-electron chi connectivity index (χ4n) is 1.99. The molecule has 1 aromatic rings. The van der Waals surface area contributed by atoms with Gasteiger partial charge in [0.1, 0.15) is 0 Å². The summed E-state index contributed by atoms with van der Waals surface area (Å²) in [5.41, 5.74) is 2.06. The molecular formula is C15H24ClN3O. The molecule has 1 rings (SSSR count). The van der Waals surface area contributed by atoms with Crippen LogP contribution in [0.1, 0.15) is 25.8 Å². The summed E-state index contributed by atoms with van der Waals surface area (Å²) in [6.45, 7) is 7.03. The molecule has 20 heavy (non-hydrogen) atoms. The molecule has 0 saturated heterocycles. The SMILES string of the molecule is CCCN(CC(=O)NC)c1ccc(CNCC)cc1Cl. The van der Waals surface area contributed by atoms with Crippen molar-refractivity contribution in [2.45, 2.75) is 26.8 Å². The van der Waals surface area contributed by atoms with Crippen LogP contribution in [-0.2, 0) is 11.3 Å². The number of benzene rings is 1. The molecule has 0 aliphatic rings. The average molecular weight is 298 g/mol. The predicted octanol–water partition coefficient (Wildman–Crippen LogP) is 2.41. The van der Waals surface area contributed by atoms with Crippen molar-refractivity contribution in [3.05, 3.63) is 28.8 Å². The zero-order valence-corrected chi connectivity index (χ0v) is 13.3. The summed E-state index contributed by atoms with van der Waals surface area (Å²) in [7, 11) is 1.65. The first-order valence-electron chi connectivity index (χ1n) is 7.07. The molecule has 0 aromatic heterocycles. The summed E-state index contributed by atoms with van der Waals surface area (Å²) in [5, 5.41) is 6.61. The normalized spacial score (nSPS) is 10.4. The van der Waals surface area contributed by atoms with Crippen LogP contribution in [0.25, 0.3) is 0 Å². The van der Waals surface area contributed by atoms with Gasteiger partial charge >= 0.3 is 0 Å². The quantitative estimate of drug-likeness (QED) is 0.774. The van der Waals surface area contributed by atoms with Gasteiger partial charge in [0.25, 0.3) is 0 Å². The van der Waals surface area contributed by atoms with Gasteiger partial charge in [-0.15, -0.1) is 0 Å². The second-order valence-electron chi connectivity index (χ2n) is 4.66. The van der Waals surface area contributed by atoms with E-state index in [1.54, 1.807) is 7.05 Å². The van der Waals surface area contributed by atoms with E-state index in [9.17, 15) is 4.79 Å². The molecule has 0 aliphatic carbocycles. The van der Waals surface area contributed by atoms with Gasteiger partial charge < -0.3 is 15.5 Å². The highest BCUT2D eigenvalue weighted by atomic mass is 35.5. The van der Waals surface area contributed by atoms with E-state index in [1.165, 1.54) is 0 Å². The number of likely N-dealkylation sites (N-methyl/N-ethyl adjacent to an activating group) is 1. The molecular weight excluding hydrogens is 274 g/mol. The molecule has 0 saturated carbocycles. The van der Waals surface area contributed by atoms with Crippen LogP contribution in [0.4, 0.5) is 5.69 Å². The third-order valence-electron chi connectivity index (χ3n) is 3.04. The summed E-state index contributed by atoms with van der Waals surface area (Å²) in [5.74, 6) is -0.00811. The minimum absolute atomic E-state index is 0.00811. The van der Waals surface area contributed by atoms with E-state index in [0.717, 1.165) is 37.3 Å². The topological polar surface area (TPSA) is 44.4 Å². The van der Waals surface area contributed by atoms with Crippen molar-refractivity contribution in [3.63, 3.8) is 0 Å². The Morgan fingerprint density at radius 1 is 1.35 bits per heavy atom. The number of anilines is 1. The molecule has 2 N–H and O–H groups in total. The Morgan fingerprint density at radius 2 is 2.10 bits per heavy atom. The molecule has 0 unspecified atom stereocenters. The predicted molar refractivity (Wildman–Crippen MR) is 85.4 cm³/mol. The third kappa shape index (κ3) is 5.02. The Kier molecular flexibility index (Phi) is 7.41. The molecule has 1 aromatic carbocycles. The Labute approximate surface area is 126 Å². The number of carbonyl (C=O) groups excluding carboxylic acids is 1. The summed E-state index contributed by atoms with van der Waals surface area (Å²) >= 11 is 6.36. The van der Waals surface area contributed by atoms with Gasteiger partial charge in [-0.05, 0) is 30.7 Å². The van der Waals surface area contributed by atoms with E-state index in [1.807, 2.05) is 17.0 Å². The lowest BCUT2D eigenvalue weighted by atomic mass is 10.2. The van der Waals surface area contributed by atoms with Gasteiger partial charge in [0.15, 0.2) is 0 Å². The molecule has 0 heterocycles. The first-order valence-corrected chi connectivity index (χ1v) is 7.44. The number of nitrogens with one attached hydrogen (secondary N) is 2. The van der Waals surface area contributed by atoms with Gasteiger partial charge in [0, 0.05) is 20.1 Å². The number of carbonyl (C=O) groups is 1. The van der Waals surface area contributed by atoms with Crippen LogP contribution in [0.3, 0.4) is 0 Å². The molecule has 1 amide bonds. The van der Waals surface area contributed by atoms with Gasteiger partial charge in [-0.3, -0.25) is 4.79 Å². The zero-order chi connectivity index (χ0) is 15.0. The Hall–Kier alpha value is -1.26. The van der Waals surface area contributed by atoms with Crippen LogP contribution >= 0.6 is 11.6 Å². The van der Waals surface area contributed by atoms with Crippen LogP contribution in [0.2, 0.25) is 5.02 Å². The molecule has 0 bridgehead atoms. The molecule has 0 aliphatic heterocycles. The minimum atomic E-state index is -0.00811. The average Bonchev–Trinajstić information content (AvgIpc) is 2.44. The molecule has 5 heteroatoms. The van der Waals surface area contributed by atoms with Gasteiger partial charge in [-0.2, -0.15) is 0 Å². The number of hydrogen-bond donors (Lipinski definition) is 2. The number of rotatable bonds is 8. The maximum absolute atomic E-state index is 11.6. The van der Waals surface area contributed by atoms with Crippen molar-refractivity contribution in [1.82, 2.24) is 10.6 Å². The maximum Gasteiger partial charge on any atom is 0.239 e. The van der Waals surface area contributed by atoms with E-state index < -0.39 is 0 Å². The van der Waals surface area contributed by atoms with Crippen LogP contribution in [0, 0.1) is 0 Å². The Bertz CT molecular complexity index is 437. The second-order valence-corrected chi connectivity index (χ2v) is 5.07. The molecule has 112 valence electrons. The fraction of sp³-hybridized carbons (Fsp3) is 0.533. The second kappa shape index (κ2) is 8.82. The minimum Gasteiger partial charge on any atom is -0.361 e. The standard InChI is InChI=1S/C15H24ClN3O/c1-4-8-19(11-15(20)17-3)14-7-6-12(9-13(14)16)10-18-5-2/h6-7,9,18H,4-5,8,10-11H2,1-3H3,(H,17,20). The van der Waals surface area contributed by atoms with E-state index in [-0.39, 0.29) is 5.91 Å². The number of halogens is 1. The van der Waals surface area contributed by atoms with Crippen molar-refractivity contribution in [2.75, 3.05) is 31.6 Å². The summed E-state index contributed by atoms with van der Waals surface area (Å²) < 4.78 is 0. The first-order chi connectivity index (χ1) is 9.62. The summed E-state index contributed by atoms with van der Waals surface area (Å²) in [6.07, 6.45) is 0.965. The van der Waals surface area contributed by atoms with Gasteiger partial charge in [-0.25, -0.2) is 0 Å². The number of hydrogen-bond acceptors (Lipinski definition) is 3. The highest BCUT2D eigenvalue weighted by Gasteiger charge is 2.13. The highest BCUT2D eigenvalue weighted by molar-refractivity contribution is 6.33. The van der Waals surface area contributed by atoms with Gasteiger partial charge in [-0.1, -0.05) is 31.5 Å². The lowest BCUT2D eigenvalue weighted by Gasteiger charge is -2.24. The first kappa shape index (κ1) is 16.8. The fourth-order valence-corrected chi connectivity index (χ4v) is 2.32. The van der Waals surface area contributed by atoms with Crippen molar-refractivity contribution in [2.24, 2.45) is 0 Å². The lowest BCUT2D eigenvalue weighted by molar-refractivity contribution is -0.119.